The number of benzene rings is 1. The van der Waals surface area contributed by atoms with Gasteiger partial charge in [-0.25, -0.2) is 0 Å². The zero-order valence-electron chi connectivity index (χ0n) is 15.7. The van der Waals surface area contributed by atoms with E-state index in [-0.39, 0.29) is 11.9 Å². The van der Waals surface area contributed by atoms with Crippen LogP contribution in [-0.2, 0) is 6.54 Å². The number of carbonyl (C=O) groups is 1. The monoisotopic (exact) mass is 376 g/mol. The number of amides is 1. The highest BCUT2D eigenvalue weighted by molar-refractivity contribution is 7.71. The molecule has 142 valence electrons. The molecule has 0 radical (unpaired) electrons. The average molecular weight is 377 g/mol. The molecule has 26 heavy (non-hydrogen) atoms. The summed E-state index contributed by atoms with van der Waals surface area (Å²) in [6, 6.07) is 7.40. The molecule has 0 saturated carbocycles. The molecule has 0 aliphatic carbocycles. The van der Waals surface area contributed by atoms with Gasteiger partial charge in [-0.15, -0.1) is 0 Å². The summed E-state index contributed by atoms with van der Waals surface area (Å²) in [5.41, 5.74) is 0.591. The number of rotatable bonds is 10. The lowest BCUT2D eigenvalue weighted by Crippen LogP contribution is -2.25. The molecule has 1 amide bonds. The van der Waals surface area contributed by atoms with Crippen LogP contribution < -0.4 is 10.1 Å². The Morgan fingerprint density at radius 2 is 2.00 bits per heavy atom. The van der Waals surface area contributed by atoms with Crippen LogP contribution in [-0.4, -0.2) is 27.3 Å². The summed E-state index contributed by atoms with van der Waals surface area (Å²) in [6.45, 7) is 7.27. The fourth-order valence-electron chi connectivity index (χ4n) is 2.68. The molecule has 1 aromatic carbocycles. The lowest BCUT2D eigenvalue weighted by atomic mass is 10.2. The number of aromatic nitrogens is 3. The Labute approximate surface area is 160 Å². The minimum Gasteiger partial charge on any atom is -0.494 e. The summed E-state index contributed by atoms with van der Waals surface area (Å²) < 4.78 is 8.15. The van der Waals surface area contributed by atoms with E-state index < -0.39 is 0 Å². The van der Waals surface area contributed by atoms with Crippen molar-refractivity contribution in [2.24, 2.45) is 0 Å². The van der Waals surface area contributed by atoms with Crippen LogP contribution in [0.4, 0.5) is 0 Å². The van der Waals surface area contributed by atoms with Crippen LogP contribution >= 0.6 is 12.2 Å². The number of nitrogens with one attached hydrogen (secondary N) is 2. The standard InChI is InChI=1S/C19H28N4O2S/c1-4-5-6-7-12-25-16-10-8-15(9-11-16)18(24)20-13-17-21-22-19(26)23(17)14(2)3/h8-11,14H,4-7,12-13H2,1-3H3,(H,20,24)(H,22,26). The van der Waals surface area contributed by atoms with E-state index in [1.165, 1.54) is 19.3 Å². The highest BCUT2D eigenvalue weighted by Gasteiger charge is 2.11. The third kappa shape index (κ3) is 5.69. The minimum atomic E-state index is -0.149. The lowest BCUT2D eigenvalue weighted by molar-refractivity contribution is 0.0949. The van der Waals surface area contributed by atoms with Crippen LogP contribution in [0, 0.1) is 4.77 Å². The zero-order valence-corrected chi connectivity index (χ0v) is 16.6. The van der Waals surface area contributed by atoms with Crippen molar-refractivity contribution < 1.29 is 9.53 Å². The summed E-state index contributed by atoms with van der Waals surface area (Å²) in [4.78, 5) is 12.3. The summed E-state index contributed by atoms with van der Waals surface area (Å²) >= 11 is 5.21. The maximum atomic E-state index is 12.3. The van der Waals surface area contributed by atoms with Gasteiger partial charge in [0.15, 0.2) is 10.6 Å². The molecule has 2 aromatic rings. The van der Waals surface area contributed by atoms with Gasteiger partial charge >= 0.3 is 0 Å². The average Bonchev–Trinajstić information content (AvgIpc) is 3.01. The Morgan fingerprint density at radius 1 is 1.27 bits per heavy atom. The van der Waals surface area contributed by atoms with E-state index in [1.807, 2.05) is 30.5 Å². The largest absolute Gasteiger partial charge is 0.494 e. The molecule has 0 aliphatic heterocycles. The van der Waals surface area contributed by atoms with Crippen LogP contribution in [0.2, 0.25) is 0 Å². The summed E-state index contributed by atoms with van der Waals surface area (Å²) in [5, 5.41) is 9.83. The summed E-state index contributed by atoms with van der Waals surface area (Å²) in [6.07, 6.45) is 4.70. The predicted octanol–water partition coefficient (Wildman–Crippen LogP) is 4.41. The Bertz CT molecular complexity index is 750. The molecule has 1 heterocycles. The smallest absolute Gasteiger partial charge is 0.251 e. The Balaban J connectivity index is 1.85. The van der Waals surface area contributed by atoms with E-state index in [4.69, 9.17) is 17.0 Å². The molecule has 1 aromatic heterocycles. The first-order valence-electron chi connectivity index (χ1n) is 9.19. The minimum absolute atomic E-state index is 0.149. The van der Waals surface area contributed by atoms with Crippen LogP contribution in [0.15, 0.2) is 24.3 Å². The number of H-pyrrole nitrogens is 1. The molecule has 7 heteroatoms. The first-order valence-corrected chi connectivity index (χ1v) is 9.60. The van der Waals surface area contributed by atoms with Gasteiger partial charge in [0.2, 0.25) is 0 Å². The van der Waals surface area contributed by atoms with Gasteiger partial charge in [0.1, 0.15) is 5.75 Å². The third-order valence-corrected chi connectivity index (χ3v) is 4.37. The highest BCUT2D eigenvalue weighted by Crippen LogP contribution is 2.14. The van der Waals surface area contributed by atoms with Crippen molar-refractivity contribution in [3.05, 3.63) is 40.4 Å². The Kier molecular flexibility index (Phi) is 7.84. The number of aromatic amines is 1. The molecule has 0 atom stereocenters. The second kappa shape index (κ2) is 10.1. The van der Waals surface area contributed by atoms with Crippen molar-refractivity contribution in [1.82, 2.24) is 20.1 Å². The Morgan fingerprint density at radius 3 is 2.65 bits per heavy atom. The quantitative estimate of drug-likeness (QED) is 0.476. The lowest BCUT2D eigenvalue weighted by Gasteiger charge is -2.11. The van der Waals surface area contributed by atoms with Crippen LogP contribution in [0.3, 0.4) is 0 Å². The van der Waals surface area contributed by atoms with Crippen molar-refractivity contribution in [3.8, 4) is 5.75 Å². The summed E-state index contributed by atoms with van der Waals surface area (Å²) in [7, 11) is 0. The van der Waals surface area contributed by atoms with E-state index in [0.29, 0.717) is 29.3 Å². The van der Waals surface area contributed by atoms with Crippen molar-refractivity contribution >= 4 is 18.1 Å². The van der Waals surface area contributed by atoms with Gasteiger partial charge in [0.05, 0.1) is 13.2 Å². The van der Waals surface area contributed by atoms with Gasteiger partial charge in [-0.2, -0.15) is 5.10 Å². The summed E-state index contributed by atoms with van der Waals surface area (Å²) in [5.74, 6) is 1.35. The molecule has 2 rings (SSSR count). The van der Waals surface area contributed by atoms with Crippen molar-refractivity contribution in [1.29, 1.82) is 0 Å². The van der Waals surface area contributed by atoms with E-state index in [2.05, 4.69) is 22.4 Å². The van der Waals surface area contributed by atoms with Crippen LogP contribution in [0.5, 0.6) is 5.75 Å². The van der Waals surface area contributed by atoms with E-state index >= 15 is 0 Å². The van der Waals surface area contributed by atoms with Crippen molar-refractivity contribution in [3.63, 3.8) is 0 Å². The fraction of sp³-hybridized carbons (Fsp3) is 0.526. The molecule has 0 saturated heterocycles. The molecule has 0 unspecified atom stereocenters. The Hall–Kier alpha value is -2.15. The van der Waals surface area contributed by atoms with Crippen LogP contribution in [0.1, 0.15) is 68.7 Å². The van der Waals surface area contributed by atoms with Gasteiger partial charge < -0.3 is 14.6 Å². The molecule has 2 N–H and O–H groups in total. The number of carbonyl (C=O) groups excluding carboxylic acids is 1. The van der Waals surface area contributed by atoms with Gasteiger partial charge in [-0.05, 0) is 56.8 Å². The van der Waals surface area contributed by atoms with Gasteiger partial charge in [0.25, 0.3) is 5.91 Å². The SMILES string of the molecule is CCCCCCOc1ccc(C(=O)NCc2n[nH]c(=S)n2C(C)C)cc1. The molecule has 6 nitrogen and oxygen atoms in total. The maximum Gasteiger partial charge on any atom is 0.251 e. The maximum absolute atomic E-state index is 12.3. The van der Waals surface area contributed by atoms with E-state index in [9.17, 15) is 4.79 Å². The first-order chi connectivity index (χ1) is 12.5. The fourth-order valence-corrected chi connectivity index (χ4v) is 3.04. The van der Waals surface area contributed by atoms with Crippen LogP contribution in [0.25, 0.3) is 0 Å². The number of hydrogen-bond donors (Lipinski definition) is 2. The van der Waals surface area contributed by atoms with E-state index in [1.54, 1.807) is 12.1 Å². The first kappa shape index (κ1) is 20.2. The molecular formula is C19H28N4O2S. The molecule has 0 bridgehead atoms. The van der Waals surface area contributed by atoms with Crippen molar-refractivity contribution in [2.45, 2.75) is 59.0 Å². The van der Waals surface area contributed by atoms with Gasteiger partial charge in [-0.1, -0.05) is 26.2 Å². The number of unbranched alkanes of at least 4 members (excludes halogenated alkanes) is 3. The second-order valence-electron chi connectivity index (χ2n) is 6.52. The molecule has 0 fully saturated rings. The van der Waals surface area contributed by atoms with E-state index in [0.717, 1.165) is 12.2 Å². The second-order valence-corrected chi connectivity index (χ2v) is 6.91. The van der Waals surface area contributed by atoms with Gasteiger partial charge in [0, 0.05) is 11.6 Å². The molecule has 0 spiro atoms. The topological polar surface area (TPSA) is 71.9 Å². The normalized spacial score (nSPS) is 10.9. The van der Waals surface area contributed by atoms with Crippen molar-refractivity contribution in [2.75, 3.05) is 6.61 Å². The van der Waals surface area contributed by atoms with Gasteiger partial charge in [-0.3, -0.25) is 9.89 Å². The highest BCUT2D eigenvalue weighted by atomic mass is 32.1. The number of nitrogens with zero attached hydrogens (tertiary/aromatic N) is 2. The predicted molar refractivity (Wildman–Crippen MR) is 105 cm³/mol. The number of ether oxygens (including phenoxy) is 1. The number of hydrogen-bond acceptors (Lipinski definition) is 4. The zero-order chi connectivity index (χ0) is 18.9. The molecule has 0 aliphatic rings. The molecular weight excluding hydrogens is 348 g/mol. The third-order valence-electron chi connectivity index (χ3n) is 4.08.